The summed E-state index contributed by atoms with van der Waals surface area (Å²) >= 11 is 0. The third-order valence-electron chi connectivity index (χ3n) is 1.99. The molecule has 1 aromatic rings. The minimum Gasteiger partial charge on any atom is -0.382 e. The maximum Gasteiger partial charge on any atom is 0.344 e. The molecule has 74 valence electrons. The third-order valence-corrected chi connectivity index (χ3v) is 2.90. The summed E-state index contributed by atoms with van der Waals surface area (Å²) in [5, 5.41) is 0. The van der Waals surface area contributed by atoms with Crippen LogP contribution in [-0.2, 0) is 10.2 Å². The summed E-state index contributed by atoms with van der Waals surface area (Å²) in [6.07, 6.45) is 0. The molecule has 0 spiro atoms. The fourth-order valence-electron chi connectivity index (χ4n) is 1.43. The van der Waals surface area contributed by atoms with Gasteiger partial charge in [0.1, 0.15) is 5.84 Å². The Hall–Kier alpha value is -1.56. The van der Waals surface area contributed by atoms with Gasteiger partial charge < -0.3 is 5.73 Å². The Balaban J connectivity index is 2.74. The highest BCUT2D eigenvalue weighted by Gasteiger charge is 2.21. The summed E-state index contributed by atoms with van der Waals surface area (Å²) in [4.78, 5) is 0. The van der Waals surface area contributed by atoms with Crippen LogP contribution in [0.15, 0.2) is 22.6 Å². The highest BCUT2D eigenvalue weighted by atomic mass is 32.2. The first-order valence-corrected chi connectivity index (χ1v) is 5.42. The SMILES string of the molecule is Cc1cccc2c1C(N)=NS(=O)(=O)N2. The zero-order chi connectivity index (χ0) is 10.3. The molecule has 0 atom stereocenters. The number of hydrogen-bond acceptors (Lipinski definition) is 3. The summed E-state index contributed by atoms with van der Waals surface area (Å²) in [5.41, 5.74) is 7.59. The van der Waals surface area contributed by atoms with Gasteiger partial charge in [-0.2, -0.15) is 8.42 Å². The van der Waals surface area contributed by atoms with E-state index in [1.807, 2.05) is 13.0 Å². The van der Waals surface area contributed by atoms with Gasteiger partial charge in [0.2, 0.25) is 0 Å². The molecule has 0 aromatic heterocycles. The Labute approximate surface area is 81.8 Å². The van der Waals surface area contributed by atoms with E-state index in [2.05, 4.69) is 9.12 Å². The van der Waals surface area contributed by atoms with Gasteiger partial charge in [-0.25, -0.2) is 0 Å². The number of nitrogens with two attached hydrogens (primary N) is 1. The molecule has 2 rings (SSSR count). The Bertz CT molecular complexity index is 519. The predicted molar refractivity (Wildman–Crippen MR) is 54.4 cm³/mol. The maximum absolute atomic E-state index is 11.2. The molecule has 14 heavy (non-hydrogen) atoms. The molecule has 0 aliphatic carbocycles. The standard InChI is InChI=1S/C8H9N3O2S/c1-5-3-2-4-6-7(5)8(9)11-14(12,13)10-6/h2-4,10H,1H3,(H2,9,11). The molecule has 6 heteroatoms. The van der Waals surface area contributed by atoms with Gasteiger partial charge in [-0.1, -0.05) is 12.1 Å². The van der Waals surface area contributed by atoms with Crippen molar-refractivity contribution in [1.82, 2.24) is 0 Å². The molecule has 1 aromatic carbocycles. The Morgan fingerprint density at radius 2 is 2.14 bits per heavy atom. The topological polar surface area (TPSA) is 84.5 Å². The second-order valence-corrected chi connectivity index (χ2v) is 4.39. The van der Waals surface area contributed by atoms with Gasteiger partial charge in [0, 0.05) is 5.56 Å². The monoisotopic (exact) mass is 211 g/mol. The average Bonchev–Trinajstić information content (AvgIpc) is 2.00. The molecular weight excluding hydrogens is 202 g/mol. The molecule has 0 unspecified atom stereocenters. The van der Waals surface area contributed by atoms with Crippen LogP contribution in [0.1, 0.15) is 11.1 Å². The van der Waals surface area contributed by atoms with Crippen molar-refractivity contribution in [3.05, 3.63) is 29.3 Å². The number of benzene rings is 1. The van der Waals surface area contributed by atoms with E-state index >= 15 is 0 Å². The second kappa shape index (κ2) is 2.71. The predicted octanol–water partition coefficient (Wildman–Crippen LogP) is 0.371. The molecule has 0 radical (unpaired) electrons. The van der Waals surface area contributed by atoms with Gasteiger partial charge >= 0.3 is 10.2 Å². The first-order valence-electron chi connectivity index (χ1n) is 3.98. The normalized spacial score (nSPS) is 17.9. The zero-order valence-corrected chi connectivity index (χ0v) is 8.30. The van der Waals surface area contributed by atoms with E-state index in [0.29, 0.717) is 11.3 Å². The van der Waals surface area contributed by atoms with Gasteiger partial charge in [-0.05, 0) is 18.6 Å². The Morgan fingerprint density at radius 1 is 1.43 bits per heavy atom. The largest absolute Gasteiger partial charge is 0.382 e. The van der Waals surface area contributed by atoms with Crippen molar-refractivity contribution in [3.63, 3.8) is 0 Å². The third kappa shape index (κ3) is 1.33. The van der Waals surface area contributed by atoms with Gasteiger partial charge in [-0.15, -0.1) is 4.40 Å². The molecule has 1 heterocycles. The Morgan fingerprint density at radius 3 is 2.86 bits per heavy atom. The van der Waals surface area contributed by atoms with Crippen LogP contribution in [0.5, 0.6) is 0 Å². The summed E-state index contributed by atoms with van der Waals surface area (Å²) in [6, 6.07) is 5.26. The van der Waals surface area contributed by atoms with Crippen molar-refractivity contribution in [3.8, 4) is 0 Å². The lowest BCUT2D eigenvalue weighted by atomic mass is 10.1. The molecule has 0 amide bonds. The molecule has 0 saturated heterocycles. The number of nitrogens with zero attached hydrogens (tertiary/aromatic N) is 1. The van der Waals surface area contributed by atoms with E-state index in [4.69, 9.17) is 5.73 Å². The van der Waals surface area contributed by atoms with E-state index in [0.717, 1.165) is 5.56 Å². The number of amidine groups is 1. The number of aryl methyl sites for hydroxylation is 1. The van der Waals surface area contributed by atoms with Crippen LogP contribution >= 0.6 is 0 Å². The molecule has 0 fully saturated rings. The number of hydrogen-bond donors (Lipinski definition) is 2. The van der Waals surface area contributed by atoms with Gasteiger partial charge in [0.05, 0.1) is 5.69 Å². The quantitative estimate of drug-likeness (QED) is 0.650. The van der Waals surface area contributed by atoms with Crippen LogP contribution in [0.25, 0.3) is 0 Å². The second-order valence-electron chi connectivity index (χ2n) is 3.05. The maximum atomic E-state index is 11.2. The van der Waals surface area contributed by atoms with Crippen molar-refractivity contribution in [2.24, 2.45) is 10.1 Å². The van der Waals surface area contributed by atoms with Crippen molar-refractivity contribution < 1.29 is 8.42 Å². The van der Waals surface area contributed by atoms with Gasteiger partial charge in [0.25, 0.3) is 0 Å². The lowest BCUT2D eigenvalue weighted by molar-refractivity contribution is 0.602. The van der Waals surface area contributed by atoms with Crippen LogP contribution < -0.4 is 10.5 Å². The summed E-state index contributed by atoms with van der Waals surface area (Å²) in [5.74, 6) is 0.0388. The lowest BCUT2D eigenvalue weighted by Gasteiger charge is -2.17. The van der Waals surface area contributed by atoms with Crippen LogP contribution in [-0.4, -0.2) is 14.3 Å². The zero-order valence-electron chi connectivity index (χ0n) is 7.48. The Kier molecular flexibility index (Phi) is 1.75. The molecular formula is C8H9N3O2S. The van der Waals surface area contributed by atoms with Crippen LogP contribution in [0.4, 0.5) is 5.69 Å². The molecule has 0 bridgehead atoms. The average molecular weight is 211 g/mol. The van der Waals surface area contributed by atoms with E-state index in [1.54, 1.807) is 12.1 Å². The molecule has 1 aliphatic rings. The fraction of sp³-hybridized carbons (Fsp3) is 0.125. The van der Waals surface area contributed by atoms with Crippen LogP contribution in [0.2, 0.25) is 0 Å². The highest BCUT2D eigenvalue weighted by molar-refractivity contribution is 7.91. The number of nitrogens with one attached hydrogen (secondary N) is 1. The number of fused-ring (bicyclic) bond motifs is 1. The van der Waals surface area contributed by atoms with Crippen LogP contribution in [0, 0.1) is 6.92 Å². The molecule has 1 aliphatic heterocycles. The van der Waals surface area contributed by atoms with Gasteiger partial charge in [-0.3, -0.25) is 4.72 Å². The van der Waals surface area contributed by atoms with Crippen molar-refractivity contribution in [2.75, 3.05) is 4.72 Å². The van der Waals surface area contributed by atoms with Gasteiger partial charge in [0.15, 0.2) is 0 Å². The fourth-order valence-corrected chi connectivity index (χ4v) is 2.27. The smallest absolute Gasteiger partial charge is 0.344 e. The van der Waals surface area contributed by atoms with E-state index < -0.39 is 10.2 Å². The minimum absolute atomic E-state index is 0.0388. The summed E-state index contributed by atoms with van der Waals surface area (Å²) < 4.78 is 28.0. The number of rotatable bonds is 0. The number of anilines is 1. The van der Waals surface area contributed by atoms with Crippen molar-refractivity contribution >= 4 is 21.7 Å². The minimum atomic E-state index is -3.65. The van der Waals surface area contributed by atoms with E-state index in [1.165, 1.54) is 0 Å². The summed E-state index contributed by atoms with van der Waals surface area (Å²) in [7, 11) is -3.65. The van der Waals surface area contributed by atoms with E-state index in [9.17, 15) is 8.42 Å². The molecule has 0 saturated carbocycles. The molecule has 3 N–H and O–H groups in total. The molecule has 5 nitrogen and oxygen atoms in total. The van der Waals surface area contributed by atoms with Crippen molar-refractivity contribution in [2.45, 2.75) is 6.92 Å². The van der Waals surface area contributed by atoms with Crippen molar-refractivity contribution in [1.29, 1.82) is 0 Å². The first kappa shape index (κ1) is 9.01. The first-order chi connectivity index (χ1) is 6.49. The lowest BCUT2D eigenvalue weighted by Crippen LogP contribution is -2.27. The van der Waals surface area contributed by atoms with Crippen LogP contribution in [0.3, 0.4) is 0 Å². The van der Waals surface area contributed by atoms with E-state index in [-0.39, 0.29) is 5.84 Å². The highest BCUT2D eigenvalue weighted by Crippen LogP contribution is 2.24. The summed E-state index contributed by atoms with van der Waals surface area (Å²) in [6.45, 7) is 1.85.